The van der Waals surface area contributed by atoms with E-state index in [1.807, 2.05) is 35.8 Å². The third-order valence-corrected chi connectivity index (χ3v) is 6.99. The van der Waals surface area contributed by atoms with E-state index in [0.29, 0.717) is 28.4 Å². The third-order valence-electron chi connectivity index (χ3n) is 5.91. The van der Waals surface area contributed by atoms with Crippen LogP contribution in [0.4, 0.5) is 5.69 Å². The van der Waals surface area contributed by atoms with E-state index in [1.165, 1.54) is 11.8 Å². The number of amides is 1. The maximum absolute atomic E-state index is 13.0. The van der Waals surface area contributed by atoms with Crippen LogP contribution in [0.3, 0.4) is 0 Å². The van der Waals surface area contributed by atoms with Crippen LogP contribution >= 0.6 is 11.8 Å². The van der Waals surface area contributed by atoms with Crippen LogP contribution in [-0.4, -0.2) is 55.7 Å². The molecule has 1 fully saturated rings. The number of imidazole rings is 1. The topological polar surface area (TPSA) is 127 Å². The van der Waals surface area contributed by atoms with Crippen molar-refractivity contribution in [2.75, 3.05) is 19.0 Å². The highest BCUT2D eigenvalue weighted by Gasteiger charge is 2.25. The number of aromatic amines is 2. The van der Waals surface area contributed by atoms with Crippen LogP contribution in [0, 0.1) is 0 Å². The Kier molecular flexibility index (Phi) is 6.60. The number of hydrogen-bond acceptors (Lipinski definition) is 7. The van der Waals surface area contributed by atoms with Gasteiger partial charge in [0, 0.05) is 17.9 Å². The van der Waals surface area contributed by atoms with E-state index in [-0.39, 0.29) is 17.7 Å². The molecule has 2 aromatic carbocycles. The van der Waals surface area contributed by atoms with Gasteiger partial charge in [-0.2, -0.15) is 0 Å². The van der Waals surface area contributed by atoms with E-state index >= 15 is 0 Å². The van der Waals surface area contributed by atoms with E-state index in [1.54, 1.807) is 25.3 Å². The van der Waals surface area contributed by atoms with E-state index in [0.717, 1.165) is 36.6 Å². The number of hydrogen-bond donors (Lipinski definition) is 3. The summed E-state index contributed by atoms with van der Waals surface area (Å²) in [7, 11) is 1.63. The molecule has 0 radical (unpaired) electrons. The Balaban J connectivity index is 1.35. The average Bonchev–Trinajstić information content (AvgIpc) is 3.59. The van der Waals surface area contributed by atoms with Crippen molar-refractivity contribution in [3.63, 3.8) is 0 Å². The zero-order valence-corrected chi connectivity index (χ0v) is 20.2. The second-order valence-electron chi connectivity index (χ2n) is 8.37. The van der Waals surface area contributed by atoms with Crippen molar-refractivity contribution < 1.29 is 14.3 Å². The molecule has 11 heteroatoms. The van der Waals surface area contributed by atoms with Gasteiger partial charge in [-0.05, 0) is 62.2 Å². The summed E-state index contributed by atoms with van der Waals surface area (Å²) >= 11 is 1.34. The van der Waals surface area contributed by atoms with Crippen molar-refractivity contribution in [1.29, 1.82) is 0 Å². The van der Waals surface area contributed by atoms with E-state index in [4.69, 9.17) is 9.47 Å². The number of aromatic nitrogens is 5. The fraction of sp³-hybridized carbons (Fsp3) is 0.333. The van der Waals surface area contributed by atoms with Gasteiger partial charge in [0.1, 0.15) is 5.75 Å². The highest BCUT2D eigenvalue weighted by molar-refractivity contribution is 8.00. The highest BCUT2D eigenvalue weighted by Crippen LogP contribution is 2.30. The molecule has 0 aliphatic carbocycles. The van der Waals surface area contributed by atoms with Crippen molar-refractivity contribution in [1.82, 2.24) is 24.7 Å². The third kappa shape index (κ3) is 5.10. The first-order valence-corrected chi connectivity index (χ1v) is 12.3. The second-order valence-corrected chi connectivity index (χ2v) is 9.68. The highest BCUT2D eigenvalue weighted by atomic mass is 32.2. The van der Waals surface area contributed by atoms with E-state index in [9.17, 15) is 9.59 Å². The Morgan fingerprint density at radius 3 is 2.77 bits per heavy atom. The van der Waals surface area contributed by atoms with Crippen molar-refractivity contribution in [2.24, 2.45) is 0 Å². The summed E-state index contributed by atoms with van der Waals surface area (Å²) in [6.45, 7) is 3.19. The summed E-state index contributed by atoms with van der Waals surface area (Å²) in [5.74, 6) is 1.31. The van der Waals surface area contributed by atoms with Gasteiger partial charge in [0.05, 0.1) is 36.0 Å². The monoisotopic (exact) mass is 494 g/mol. The first kappa shape index (κ1) is 23.2. The van der Waals surface area contributed by atoms with Gasteiger partial charge >= 0.3 is 5.69 Å². The zero-order valence-electron chi connectivity index (χ0n) is 19.4. The number of nitrogens with one attached hydrogen (secondary N) is 3. The summed E-state index contributed by atoms with van der Waals surface area (Å²) in [5, 5.41) is 12.0. The van der Waals surface area contributed by atoms with Crippen LogP contribution in [0.1, 0.15) is 19.8 Å². The molecule has 0 unspecified atom stereocenters. The fourth-order valence-electron chi connectivity index (χ4n) is 4.05. The summed E-state index contributed by atoms with van der Waals surface area (Å²) in [4.78, 5) is 29.8. The van der Waals surface area contributed by atoms with Crippen molar-refractivity contribution in [3.8, 4) is 17.1 Å². The Hall–Kier alpha value is -3.57. The molecule has 35 heavy (non-hydrogen) atoms. The van der Waals surface area contributed by atoms with E-state index in [2.05, 4.69) is 25.5 Å². The maximum atomic E-state index is 13.0. The SMILES string of the molecule is COc1ccc(-c2nnc(S[C@H](C)C(=O)Nc3ccc4[nH]c(=O)[nH]c4c3)n2C[C@H]2CCCO2)cc1. The van der Waals surface area contributed by atoms with Gasteiger partial charge in [-0.3, -0.25) is 9.36 Å². The number of benzene rings is 2. The minimum absolute atomic E-state index is 0.0849. The largest absolute Gasteiger partial charge is 0.497 e. The van der Waals surface area contributed by atoms with Crippen LogP contribution in [0.15, 0.2) is 52.4 Å². The Morgan fingerprint density at radius 2 is 2.03 bits per heavy atom. The molecule has 1 aliphatic rings. The van der Waals surface area contributed by atoms with Crippen LogP contribution in [-0.2, 0) is 16.1 Å². The van der Waals surface area contributed by atoms with Gasteiger partial charge in [0.25, 0.3) is 0 Å². The molecule has 1 aliphatic heterocycles. The summed E-state index contributed by atoms with van der Waals surface area (Å²) in [6.07, 6.45) is 2.09. The van der Waals surface area contributed by atoms with Crippen LogP contribution in [0.5, 0.6) is 5.75 Å². The molecule has 0 spiro atoms. The minimum atomic E-state index is -0.438. The molecule has 1 amide bonds. The van der Waals surface area contributed by atoms with E-state index < -0.39 is 5.25 Å². The molecule has 182 valence electrons. The predicted molar refractivity (Wildman–Crippen MR) is 134 cm³/mol. The van der Waals surface area contributed by atoms with Gasteiger partial charge in [0.2, 0.25) is 5.91 Å². The van der Waals surface area contributed by atoms with Crippen molar-refractivity contribution >= 4 is 34.4 Å². The Bertz CT molecular complexity index is 1390. The lowest BCUT2D eigenvalue weighted by atomic mass is 10.2. The number of anilines is 1. The van der Waals surface area contributed by atoms with Crippen LogP contribution in [0.25, 0.3) is 22.4 Å². The molecule has 10 nitrogen and oxygen atoms in total. The molecule has 3 N–H and O–H groups in total. The lowest BCUT2D eigenvalue weighted by Crippen LogP contribution is -2.23. The van der Waals surface area contributed by atoms with Gasteiger partial charge in [-0.15, -0.1) is 10.2 Å². The molecule has 1 saturated heterocycles. The molecule has 2 atom stereocenters. The molecular weight excluding hydrogens is 468 g/mol. The number of H-pyrrole nitrogens is 2. The van der Waals surface area contributed by atoms with Gasteiger partial charge in [-0.25, -0.2) is 4.79 Å². The molecule has 5 rings (SSSR count). The lowest BCUT2D eigenvalue weighted by molar-refractivity contribution is -0.115. The average molecular weight is 495 g/mol. The first-order chi connectivity index (χ1) is 17.0. The van der Waals surface area contributed by atoms with Crippen molar-refractivity contribution in [2.45, 2.75) is 42.8 Å². The quantitative estimate of drug-likeness (QED) is 0.320. The molecule has 3 heterocycles. The number of carbonyl (C=O) groups excluding carboxylic acids is 1. The number of ether oxygens (including phenoxy) is 2. The Labute approximate surface area is 205 Å². The number of carbonyl (C=O) groups is 1. The van der Waals surface area contributed by atoms with Crippen LogP contribution in [0.2, 0.25) is 0 Å². The summed E-state index contributed by atoms with van der Waals surface area (Å²) < 4.78 is 13.2. The fourth-order valence-corrected chi connectivity index (χ4v) is 4.91. The molecule has 4 aromatic rings. The number of nitrogens with zero attached hydrogens (tertiary/aromatic N) is 3. The zero-order chi connectivity index (χ0) is 24.4. The summed E-state index contributed by atoms with van der Waals surface area (Å²) in [5.41, 5.74) is 2.54. The normalized spacial score (nSPS) is 16.5. The maximum Gasteiger partial charge on any atom is 0.323 e. The second kappa shape index (κ2) is 9.96. The molecule has 0 bridgehead atoms. The van der Waals surface area contributed by atoms with Crippen LogP contribution < -0.4 is 15.7 Å². The number of rotatable bonds is 8. The van der Waals surface area contributed by atoms with Gasteiger partial charge in [0.15, 0.2) is 11.0 Å². The minimum Gasteiger partial charge on any atom is -0.497 e. The van der Waals surface area contributed by atoms with Gasteiger partial charge in [-0.1, -0.05) is 11.8 Å². The first-order valence-electron chi connectivity index (χ1n) is 11.4. The molecule has 0 saturated carbocycles. The number of thioether (sulfide) groups is 1. The number of methoxy groups -OCH3 is 1. The smallest absolute Gasteiger partial charge is 0.323 e. The van der Waals surface area contributed by atoms with Crippen molar-refractivity contribution in [3.05, 3.63) is 52.9 Å². The molecule has 2 aromatic heterocycles. The predicted octanol–water partition coefficient (Wildman–Crippen LogP) is 3.42. The summed E-state index contributed by atoms with van der Waals surface area (Å²) in [6, 6.07) is 12.9. The molecular formula is C24H26N6O4S. The lowest BCUT2D eigenvalue weighted by Gasteiger charge is -2.16. The Morgan fingerprint density at radius 1 is 1.23 bits per heavy atom. The van der Waals surface area contributed by atoms with Gasteiger partial charge < -0.3 is 24.8 Å². The standard InChI is InChI=1S/C24H26N6O4S/c1-14(22(31)25-16-7-10-19-20(12-16)27-23(32)26-19)35-24-29-28-21(15-5-8-17(33-2)9-6-15)30(24)13-18-4-3-11-34-18/h5-10,12,14,18H,3-4,11,13H2,1-2H3,(H,25,31)(H2,26,27,32)/t14-,18-/m1/s1. The number of fused-ring (bicyclic) bond motifs is 1.